The normalized spacial score (nSPS) is 18.0. The Bertz CT molecular complexity index is 1290. The summed E-state index contributed by atoms with van der Waals surface area (Å²) in [7, 11) is 2.39. The molecule has 0 aromatic heterocycles. The summed E-state index contributed by atoms with van der Waals surface area (Å²) < 4.78 is 34.6. The molecule has 0 fully saturated rings. The van der Waals surface area contributed by atoms with E-state index in [-0.39, 0.29) is 25.4 Å². The number of hydrogen-bond acceptors (Lipinski definition) is 8. The molecule has 1 heterocycles. The van der Waals surface area contributed by atoms with E-state index in [9.17, 15) is 9.59 Å². The Morgan fingerprint density at radius 1 is 0.707 bits per heavy atom. The lowest BCUT2D eigenvalue weighted by Crippen LogP contribution is -2.48. The SMILES string of the molecule is COC(=O)C(=CC1=CO[C@H](COCc2ccccc2)[C@@H](OCc2ccccc2)[C@@H]1OCc1ccccc1)C(=O)OC. The van der Waals surface area contributed by atoms with Gasteiger partial charge in [-0.05, 0) is 22.8 Å². The number of ether oxygens (including phenoxy) is 6. The Balaban J connectivity index is 1.64. The van der Waals surface area contributed by atoms with Gasteiger partial charge in [-0.1, -0.05) is 91.0 Å². The van der Waals surface area contributed by atoms with Crippen molar-refractivity contribution in [1.82, 2.24) is 0 Å². The molecule has 1 aliphatic heterocycles. The topological polar surface area (TPSA) is 89.5 Å². The van der Waals surface area contributed by atoms with E-state index in [4.69, 9.17) is 28.4 Å². The molecule has 3 atom stereocenters. The zero-order chi connectivity index (χ0) is 28.9. The van der Waals surface area contributed by atoms with Gasteiger partial charge in [0.2, 0.25) is 0 Å². The number of benzene rings is 3. The minimum absolute atomic E-state index is 0.216. The Morgan fingerprint density at radius 3 is 1.71 bits per heavy atom. The van der Waals surface area contributed by atoms with Crippen LogP contribution in [0.2, 0.25) is 0 Å². The van der Waals surface area contributed by atoms with Gasteiger partial charge < -0.3 is 28.4 Å². The lowest BCUT2D eigenvalue weighted by atomic mass is 9.96. The van der Waals surface area contributed by atoms with Gasteiger partial charge in [-0.25, -0.2) is 9.59 Å². The van der Waals surface area contributed by atoms with Crippen molar-refractivity contribution in [3.8, 4) is 0 Å². The van der Waals surface area contributed by atoms with Gasteiger partial charge >= 0.3 is 11.9 Å². The highest BCUT2D eigenvalue weighted by Crippen LogP contribution is 2.29. The fourth-order valence-electron chi connectivity index (χ4n) is 4.31. The van der Waals surface area contributed by atoms with Crippen molar-refractivity contribution in [2.24, 2.45) is 0 Å². The molecule has 3 aromatic rings. The van der Waals surface area contributed by atoms with E-state index in [1.54, 1.807) is 0 Å². The van der Waals surface area contributed by atoms with Gasteiger partial charge in [0.25, 0.3) is 0 Å². The third-order valence-electron chi connectivity index (χ3n) is 6.45. The summed E-state index contributed by atoms with van der Waals surface area (Å²) in [5.41, 5.74) is 3.07. The molecule has 8 heteroatoms. The smallest absolute Gasteiger partial charge is 0.345 e. The van der Waals surface area contributed by atoms with Crippen LogP contribution in [0.5, 0.6) is 0 Å². The summed E-state index contributed by atoms with van der Waals surface area (Å²) in [6, 6.07) is 29.3. The predicted octanol–water partition coefficient (Wildman–Crippen LogP) is 4.93. The zero-order valence-electron chi connectivity index (χ0n) is 23.1. The first-order valence-corrected chi connectivity index (χ1v) is 13.3. The first kappa shape index (κ1) is 29.7. The van der Waals surface area contributed by atoms with Crippen LogP contribution in [0.4, 0.5) is 0 Å². The molecule has 0 saturated carbocycles. The summed E-state index contributed by atoms with van der Waals surface area (Å²) in [6.45, 7) is 1.15. The molecule has 3 aromatic carbocycles. The molecule has 0 aliphatic carbocycles. The van der Waals surface area contributed by atoms with Crippen LogP contribution in [0.1, 0.15) is 16.7 Å². The van der Waals surface area contributed by atoms with E-state index < -0.39 is 30.3 Å². The first-order valence-electron chi connectivity index (χ1n) is 13.3. The van der Waals surface area contributed by atoms with Crippen molar-refractivity contribution < 1.29 is 38.0 Å². The molecule has 0 spiro atoms. The number of rotatable bonds is 13. The van der Waals surface area contributed by atoms with Gasteiger partial charge in [-0.3, -0.25) is 0 Å². The van der Waals surface area contributed by atoms with Crippen molar-refractivity contribution in [2.75, 3.05) is 20.8 Å². The Hall–Kier alpha value is -4.24. The number of carbonyl (C=O) groups excluding carboxylic acids is 2. The molecule has 0 unspecified atom stereocenters. The minimum atomic E-state index is -0.838. The zero-order valence-corrected chi connectivity index (χ0v) is 23.1. The number of carbonyl (C=O) groups is 2. The van der Waals surface area contributed by atoms with Crippen LogP contribution in [0.25, 0.3) is 0 Å². The molecule has 41 heavy (non-hydrogen) atoms. The maximum Gasteiger partial charge on any atom is 0.345 e. The van der Waals surface area contributed by atoms with Gasteiger partial charge in [0.05, 0.1) is 46.9 Å². The second kappa shape index (κ2) is 15.5. The van der Waals surface area contributed by atoms with Crippen molar-refractivity contribution in [3.63, 3.8) is 0 Å². The molecule has 0 saturated heterocycles. The maximum atomic E-state index is 12.5. The molecule has 0 amide bonds. The summed E-state index contributed by atoms with van der Waals surface area (Å²) in [4.78, 5) is 24.9. The van der Waals surface area contributed by atoms with Crippen LogP contribution < -0.4 is 0 Å². The molecule has 1 aliphatic rings. The van der Waals surface area contributed by atoms with Crippen LogP contribution >= 0.6 is 0 Å². The number of methoxy groups -OCH3 is 2. The Labute approximate surface area is 240 Å². The molecular formula is C33H34O8. The fourth-order valence-corrected chi connectivity index (χ4v) is 4.31. The van der Waals surface area contributed by atoms with Gasteiger partial charge in [-0.2, -0.15) is 0 Å². The van der Waals surface area contributed by atoms with E-state index >= 15 is 0 Å². The van der Waals surface area contributed by atoms with E-state index in [0.29, 0.717) is 12.2 Å². The summed E-state index contributed by atoms with van der Waals surface area (Å²) in [5.74, 6) is -1.68. The highest BCUT2D eigenvalue weighted by molar-refractivity contribution is 6.14. The average Bonchev–Trinajstić information content (AvgIpc) is 3.03. The van der Waals surface area contributed by atoms with Crippen LogP contribution in [0, 0.1) is 0 Å². The molecular weight excluding hydrogens is 524 g/mol. The lowest BCUT2D eigenvalue weighted by Gasteiger charge is -2.37. The molecule has 0 bridgehead atoms. The van der Waals surface area contributed by atoms with Gasteiger partial charge in [0.1, 0.15) is 23.9 Å². The third kappa shape index (κ3) is 8.62. The van der Waals surface area contributed by atoms with Crippen LogP contribution in [0.15, 0.2) is 114 Å². The Kier molecular flexibility index (Phi) is 11.3. The summed E-state index contributed by atoms with van der Waals surface area (Å²) in [5, 5.41) is 0. The van der Waals surface area contributed by atoms with Crippen LogP contribution in [-0.4, -0.2) is 51.1 Å². The van der Waals surface area contributed by atoms with Gasteiger partial charge in [-0.15, -0.1) is 0 Å². The van der Waals surface area contributed by atoms with Crippen molar-refractivity contribution >= 4 is 11.9 Å². The largest absolute Gasteiger partial charge is 0.492 e. The van der Waals surface area contributed by atoms with Crippen molar-refractivity contribution in [2.45, 2.75) is 38.1 Å². The minimum Gasteiger partial charge on any atom is -0.492 e. The van der Waals surface area contributed by atoms with Gasteiger partial charge in [0.15, 0.2) is 0 Å². The van der Waals surface area contributed by atoms with Crippen molar-refractivity contribution in [1.29, 1.82) is 0 Å². The highest BCUT2D eigenvalue weighted by Gasteiger charge is 2.39. The van der Waals surface area contributed by atoms with Crippen LogP contribution in [0.3, 0.4) is 0 Å². The van der Waals surface area contributed by atoms with E-state index in [1.165, 1.54) is 26.6 Å². The van der Waals surface area contributed by atoms with E-state index in [2.05, 4.69) is 0 Å². The predicted molar refractivity (Wildman–Crippen MR) is 151 cm³/mol. The quantitative estimate of drug-likeness (QED) is 0.126. The second-order valence-corrected chi connectivity index (χ2v) is 9.31. The third-order valence-corrected chi connectivity index (χ3v) is 6.45. The Morgan fingerprint density at radius 2 is 1.20 bits per heavy atom. The summed E-state index contributed by atoms with van der Waals surface area (Å²) in [6.07, 6.45) is 0.929. The second-order valence-electron chi connectivity index (χ2n) is 9.31. The molecule has 8 nitrogen and oxygen atoms in total. The van der Waals surface area contributed by atoms with E-state index in [1.807, 2.05) is 91.0 Å². The number of hydrogen-bond donors (Lipinski definition) is 0. The van der Waals surface area contributed by atoms with Crippen molar-refractivity contribution in [3.05, 3.63) is 131 Å². The maximum absolute atomic E-state index is 12.5. The van der Waals surface area contributed by atoms with E-state index in [0.717, 1.165) is 16.7 Å². The monoisotopic (exact) mass is 558 g/mol. The van der Waals surface area contributed by atoms with Gasteiger partial charge in [0, 0.05) is 5.57 Å². The number of esters is 2. The standard InChI is InChI=1S/C33H34O8/c1-36-32(34)28(33(35)37-2)18-27-22-39-29(23-38-19-24-12-6-3-7-13-24)31(41-21-26-16-10-5-11-17-26)30(27)40-20-25-14-8-4-9-15-25/h3-18,22,29-31H,19-21,23H2,1-2H3/t29-,30-,31-/m1/s1. The van der Waals surface area contributed by atoms with Crippen LogP contribution in [-0.2, 0) is 57.8 Å². The first-order chi connectivity index (χ1) is 20.1. The molecule has 214 valence electrons. The molecule has 4 rings (SSSR count). The fraction of sp³-hybridized carbons (Fsp3) is 0.273. The molecule has 0 radical (unpaired) electrons. The average molecular weight is 559 g/mol. The lowest BCUT2D eigenvalue weighted by molar-refractivity contribution is -0.151. The molecule has 0 N–H and O–H groups in total. The summed E-state index contributed by atoms with van der Waals surface area (Å²) >= 11 is 0. The highest BCUT2D eigenvalue weighted by atomic mass is 16.6.